The number of carbonyl (C=O) groups is 1. The van der Waals surface area contributed by atoms with Gasteiger partial charge in [0.15, 0.2) is 8.32 Å². The summed E-state index contributed by atoms with van der Waals surface area (Å²) in [6, 6.07) is 0. The molecule has 166 valence electrons. The smallest absolute Gasteiger partial charge is 0.311 e. The third-order valence-electron chi connectivity index (χ3n) is 5.79. The van der Waals surface area contributed by atoms with E-state index in [0.717, 1.165) is 0 Å². The predicted octanol–water partition coefficient (Wildman–Crippen LogP) is 4.80. The van der Waals surface area contributed by atoms with Crippen molar-refractivity contribution >= 4 is 14.3 Å². The van der Waals surface area contributed by atoms with Gasteiger partial charge in [-0.3, -0.25) is 4.79 Å². The molecule has 0 aliphatic heterocycles. The molecule has 0 radical (unpaired) electrons. The Morgan fingerprint density at radius 3 is 2.00 bits per heavy atom. The lowest BCUT2D eigenvalue weighted by Crippen LogP contribution is -2.51. The molecule has 0 heterocycles. The summed E-state index contributed by atoms with van der Waals surface area (Å²) in [5, 5.41) is 10.9. The number of rotatable bonds is 10. The number of methoxy groups -OCH3 is 1. The first-order valence-corrected chi connectivity index (χ1v) is 13.1. The number of hydrogen-bond donors (Lipinski definition) is 1. The average molecular weight is 417 g/mol. The van der Waals surface area contributed by atoms with Crippen molar-refractivity contribution in [2.24, 2.45) is 17.3 Å². The molecule has 0 aromatic rings. The standard InChI is InChI=1S/C22H44O5Si/c1-13-17(25-10)18(23)16(3)19(27-28(11,12)22(7,8)9)15(2)14-26-20(24)21(4,5)6/h13,15-19,23H,1,14H2,2-12H3/t15-,16-,17-,18+,19-/m1/s1. The Labute approximate surface area is 174 Å². The molecule has 0 amide bonds. The molecular weight excluding hydrogens is 372 g/mol. The van der Waals surface area contributed by atoms with Gasteiger partial charge in [0.1, 0.15) is 6.10 Å². The van der Waals surface area contributed by atoms with E-state index < -0.39 is 25.9 Å². The van der Waals surface area contributed by atoms with Crippen molar-refractivity contribution in [2.75, 3.05) is 13.7 Å². The second-order valence-electron chi connectivity index (χ2n) is 10.5. The van der Waals surface area contributed by atoms with Gasteiger partial charge in [0, 0.05) is 18.9 Å². The minimum Gasteiger partial charge on any atom is -0.465 e. The third-order valence-corrected chi connectivity index (χ3v) is 10.3. The van der Waals surface area contributed by atoms with Crippen LogP contribution in [0.15, 0.2) is 12.7 Å². The zero-order chi connectivity index (χ0) is 22.5. The van der Waals surface area contributed by atoms with E-state index in [1.807, 2.05) is 34.6 Å². The monoisotopic (exact) mass is 416 g/mol. The summed E-state index contributed by atoms with van der Waals surface area (Å²) in [6.45, 7) is 24.4. The minimum atomic E-state index is -2.11. The molecule has 28 heavy (non-hydrogen) atoms. The Balaban J connectivity index is 5.60. The second-order valence-corrected chi connectivity index (χ2v) is 15.2. The molecule has 0 aromatic heterocycles. The van der Waals surface area contributed by atoms with Gasteiger partial charge in [-0.15, -0.1) is 6.58 Å². The normalized spacial score (nSPS) is 18.7. The van der Waals surface area contributed by atoms with Crippen molar-refractivity contribution < 1.29 is 23.8 Å². The van der Waals surface area contributed by atoms with Crippen LogP contribution in [0, 0.1) is 17.3 Å². The summed E-state index contributed by atoms with van der Waals surface area (Å²) in [4.78, 5) is 12.2. The Morgan fingerprint density at radius 2 is 1.64 bits per heavy atom. The van der Waals surface area contributed by atoms with Gasteiger partial charge in [-0.25, -0.2) is 0 Å². The largest absolute Gasteiger partial charge is 0.465 e. The van der Waals surface area contributed by atoms with Crippen LogP contribution in [0.3, 0.4) is 0 Å². The van der Waals surface area contributed by atoms with E-state index in [1.54, 1.807) is 13.2 Å². The average Bonchev–Trinajstić information content (AvgIpc) is 2.55. The van der Waals surface area contributed by atoms with Crippen LogP contribution in [0.4, 0.5) is 0 Å². The zero-order valence-electron chi connectivity index (χ0n) is 20.0. The summed E-state index contributed by atoms with van der Waals surface area (Å²) in [5.74, 6) is -0.535. The minimum absolute atomic E-state index is 0.0246. The fourth-order valence-corrected chi connectivity index (χ4v) is 4.13. The molecular formula is C22H44O5Si. The first kappa shape index (κ1) is 27.3. The van der Waals surface area contributed by atoms with Gasteiger partial charge in [-0.2, -0.15) is 0 Å². The molecule has 0 spiro atoms. The maximum Gasteiger partial charge on any atom is 0.311 e. The SMILES string of the molecule is C=C[C@@H](OC)[C@@H](O)[C@@H](C)[C@H](O[Si](C)(C)C(C)(C)C)[C@H](C)COC(=O)C(C)(C)C. The van der Waals surface area contributed by atoms with Gasteiger partial charge < -0.3 is 19.0 Å². The lowest BCUT2D eigenvalue weighted by atomic mass is 9.87. The van der Waals surface area contributed by atoms with Crippen LogP contribution in [0.1, 0.15) is 55.4 Å². The van der Waals surface area contributed by atoms with Gasteiger partial charge in [-0.1, -0.05) is 40.7 Å². The molecule has 0 unspecified atom stereocenters. The Kier molecular flexibility index (Phi) is 10.1. The van der Waals surface area contributed by atoms with Crippen LogP contribution in [0.25, 0.3) is 0 Å². The molecule has 0 bridgehead atoms. The van der Waals surface area contributed by atoms with Gasteiger partial charge >= 0.3 is 5.97 Å². The first-order valence-electron chi connectivity index (χ1n) is 10.2. The fraction of sp³-hybridized carbons (Fsp3) is 0.864. The number of esters is 1. The molecule has 5 atom stereocenters. The Bertz CT molecular complexity index is 504. The Hall–Kier alpha value is -0.693. The predicted molar refractivity (Wildman–Crippen MR) is 118 cm³/mol. The maximum atomic E-state index is 12.2. The summed E-state index contributed by atoms with van der Waals surface area (Å²) in [6.07, 6.45) is 0.0821. The highest BCUT2D eigenvalue weighted by atomic mass is 28.4. The van der Waals surface area contributed by atoms with Gasteiger partial charge in [0.2, 0.25) is 0 Å². The first-order chi connectivity index (χ1) is 12.5. The fourth-order valence-electron chi connectivity index (χ4n) is 2.65. The third kappa shape index (κ3) is 7.62. The van der Waals surface area contributed by atoms with Crippen molar-refractivity contribution in [3.63, 3.8) is 0 Å². The molecule has 0 rings (SSSR count). The topological polar surface area (TPSA) is 65.0 Å². The highest BCUT2D eigenvalue weighted by Crippen LogP contribution is 2.40. The lowest BCUT2D eigenvalue weighted by molar-refractivity contribution is -0.156. The van der Waals surface area contributed by atoms with Gasteiger partial charge in [0.25, 0.3) is 0 Å². The maximum absolute atomic E-state index is 12.2. The van der Waals surface area contributed by atoms with Crippen LogP contribution in [-0.2, 0) is 18.7 Å². The summed E-state index contributed by atoms with van der Waals surface area (Å²) < 4.78 is 17.6. The van der Waals surface area contributed by atoms with Crippen LogP contribution in [-0.4, -0.2) is 51.4 Å². The molecule has 0 aliphatic carbocycles. The number of aliphatic hydroxyl groups excluding tert-OH is 1. The molecule has 6 heteroatoms. The highest BCUT2D eigenvalue weighted by Gasteiger charge is 2.43. The molecule has 0 saturated carbocycles. The zero-order valence-corrected chi connectivity index (χ0v) is 21.0. The van der Waals surface area contributed by atoms with Crippen LogP contribution < -0.4 is 0 Å². The second kappa shape index (κ2) is 10.4. The van der Waals surface area contributed by atoms with Gasteiger partial charge in [0.05, 0.1) is 24.2 Å². The van der Waals surface area contributed by atoms with E-state index in [2.05, 4.69) is 40.4 Å². The van der Waals surface area contributed by atoms with E-state index in [9.17, 15) is 9.90 Å². The van der Waals surface area contributed by atoms with Crippen molar-refractivity contribution in [3.05, 3.63) is 12.7 Å². The van der Waals surface area contributed by atoms with Crippen LogP contribution in [0.5, 0.6) is 0 Å². The van der Waals surface area contributed by atoms with E-state index in [-0.39, 0.29) is 35.6 Å². The molecule has 5 nitrogen and oxygen atoms in total. The number of carbonyl (C=O) groups excluding carboxylic acids is 1. The highest BCUT2D eigenvalue weighted by molar-refractivity contribution is 6.74. The van der Waals surface area contributed by atoms with Crippen molar-refractivity contribution in [1.29, 1.82) is 0 Å². The lowest BCUT2D eigenvalue weighted by Gasteiger charge is -2.44. The van der Waals surface area contributed by atoms with E-state index in [0.29, 0.717) is 0 Å². The molecule has 0 aromatic carbocycles. The molecule has 0 fully saturated rings. The van der Waals surface area contributed by atoms with Crippen molar-refractivity contribution in [2.45, 2.75) is 91.8 Å². The summed E-state index contributed by atoms with van der Waals surface area (Å²) >= 11 is 0. The van der Waals surface area contributed by atoms with E-state index >= 15 is 0 Å². The Morgan fingerprint density at radius 1 is 1.14 bits per heavy atom. The molecule has 0 saturated heterocycles. The summed E-state index contributed by atoms with van der Waals surface area (Å²) in [5.41, 5.74) is -0.551. The van der Waals surface area contributed by atoms with Crippen LogP contribution in [0.2, 0.25) is 18.1 Å². The van der Waals surface area contributed by atoms with E-state index in [4.69, 9.17) is 13.9 Å². The number of hydrogen-bond acceptors (Lipinski definition) is 5. The number of ether oxygens (including phenoxy) is 2. The molecule has 0 aliphatic rings. The van der Waals surface area contributed by atoms with E-state index in [1.165, 1.54) is 0 Å². The van der Waals surface area contributed by atoms with Crippen molar-refractivity contribution in [3.8, 4) is 0 Å². The quantitative estimate of drug-likeness (QED) is 0.315. The molecule has 1 N–H and O–H groups in total. The van der Waals surface area contributed by atoms with Gasteiger partial charge in [-0.05, 0) is 38.9 Å². The van der Waals surface area contributed by atoms with Crippen molar-refractivity contribution in [1.82, 2.24) is 0 Å². The number of aliphatic hydroxyl groups is 1. The summed E-state index contributed by atoms with van der Waals surface area (Å²) in [7, 11) is -0.550. The van der Waals surface area contributed by atoms with Crippen LogP contribution >= 0.6 is 0 Å².